The fourth-order valence-electron chi connectivity index (χ4n) is 3.01. The smallest absolute Gasteiger partial charge is 0.342 e. The lowest BCUT2D eigenvalue weighted by molar-refractivity contribution is 0.00574. The van der Waals surface area contributed by atoms with Crippen molar-refractivity contribution in [2.45, 2.75) is 6.23 Å². The predicted octanol–water partition coefficient (Wildman–Crippen LogP) is 3.84. The Bertz CT molecular complexity index is 929. The van der Waals surface area contributed by atoms with E-state index in [4.69, 9.17) is 16.3 Å². The van der Waals surface area contributed by atoms with Crippen molar-refractivity contribution in [3.8, 4) is 0 Å². The van der Waals surface area contributed by atoms with Crippen molar-refractivity contribution in [1.82, 2.24) is 14.5 Å². The minimum Gasteiger partial charge on any atom is -0.622 e. The molecule has 134 valence electrons. The highest BCUT2D eigenvalue weighted by atomic mass is 35.5. The van der Waals surface area contributed by atoms with E-state index in [0.29, 0.717) is 22.3 Å². The molecule has 0 radical (unpaired) electrons. The van der Waals surface area contributed by atoms with E-state index >= 15 is 0 Å². The molecule has 6 nitrogen and oxygen atoms in total. The molecule has 1 aromatic heterocycles. The van der Waals surface area contributed by atoms with E-state index in [1.165, 1.54) is 11.3 Å². The molecule has 3 aromatic rings. The van der Waals surface area contributed by atoms with Crippen LogP contribution in [-0.2, 0) is 4.74 Å². The summed E-state index contributed by atoms with van der Waals surface area (Å²) in [6.07, 6.45) is -0.872. The van der Waals surface area contributed by atoms with E-state index in [-0.39, 0.29) is 6.67 Å². The number of hydroxylamine groups is 2. The molecule has 2 heterocycles. The first-order valence-electron chi connectivity index (χ1n) is 8.06. The van der Waals surface area contributed by atoms with Crippen LogP contribution >= 0.6 is 22.9 Å². The fraction of sp³-hybridized carbons (Fsp3) is 0.222. The van der Waals surface area contributed by atoms with Crippen molar-refractivity contribution in [3.05, 3.63) is 64.3 Å². The first kappa shape index (κ1) is 17.4. The van der Waals surface area contributed by atoms with Crippen LogP contribution in [0.1, 0.15) is 10.4 Å². The minimum atomic E-state index is -0.872. The average molecular weight is 390 g/mol. The maximum absolute atomic E-state index is 13.6. The van der Waals surface area contributed by atoms with Gasteiger partial charge in [0.15, 0.2) is 0 Å². The standard InChI is InChI=1S/C18H16ClN3O3S/c1-21-10-16(25-17(23)12-6-8-13(19)9-7-12)22(24,11-21)18-20-14-4-2-3-5-15(14)26-18/h2-9,16H,10-11H2,1H3. The lowest BCUT2D eigenvalue weighted by Gasteiger charge is -2.38. The summed E-state index contributed by atoms with van der Waals surface area (Å²) in [4.78, 5) is 18.8. The molecule has 2 unspecified atom stereocenters. The number of ether oxygens (including phenoxy) is 1. The molecule has 4 rings (SSSR count). The SMILES string of the molecule is CN1CC(OC(=O)c2ccc(Cl)cc2)[N+]([O-])(c2nc3ccccc3s2)C1. The lowest BCUT2D eigenvalue weighted by atomic mass is 10.2. The predicted molar refractivity (Wildman–Crippen MR) is 103 cm³/mol. The number of thiazole rings is 1. The zero-order valence-electron chi connectivity index (χ0n) is 14.0. The fourth-order valence-corrected chi connectivity index (χ4v) is 4.17. The largest absolute Gasteiger partial charge is 0.622 e. The number of hydrogen-bond acceptors (Lipinski definition) is 6. The number of likely N-dealkylation sites (N-methyl/N-ethyl adjacent to an activating group) is 1. The Morgan fingerprint density at radius 3 is 2.77 bits per heavy atom. The number of halogens is 1. The molecule has 26 heavy (non-hydrogen) atoms. The monoisotopic (exact) mass is 389 g/mol. The summed E-state index contributed by atoms with van der Waals surface area (Å²) in [5.41, 5.74) is 1.14. The van der Waals surface area contributed by atoms with E-state index in [1.54, 1.807) is 24.3 Å². The van der Waals surface area contributed by atoms with Gasteiger partial charge in [0.2, 0.25) is 0 Å². The molecule has 0 saturated carbocycles. The molecule has 0 bridgehead atoms. The zero-order valence-corrected chi connectivity index (χ0v) is 15.5. The van der Waals surface area contributed by atoms with E-state index in [9.17, 15) is 10.0 Å². The normalized spacial score (nSPS) is 23.4. The summed E-state index contributed by atoms with van der Waals surface area (Å²) in [5.74, 6) is -0.540. The highest BCUT2D eigenvalue weighted by Gasteiger charge is 2.45. The van der Waals surface area contributed by atoms with Crippen LogP contribution in [0.4, 0.5) is 5.13 Å². The third-order valence-corrected chi connectivity index (χ3v) is 5.71. The molecular formula is C18H16ClN3O3S. The van der Waals surface area contributed by atoms with Crippen molar-refractivity contribution in [2.24, 2.45) is 0 Å². The van der Waals surface area contributed by atoms with Gasteiger partial charge in [-0.05, 0) is 43.4 Å². The number of fused-ring (bicyclic) bond motifs is 1. The summed E-state index contributed by atoms with van der Waals surface area (Å²) in [6.45, 7) is 0.525. The molecule has 1 fully saturated rings. The minimum absolute atomic E-state index is 0.179. The Labute approximate surface area is 159 Å². The number of nitrogens with zero attached hydrogens (tertiary/aromatic N) is 3. The molecule has 0 amide bonds. The maximum atomic E-state index is 13.6. The van der Waals surface area contributed by atoms with Gasteiger partial charge in [-0.3, -0.25) is 4.65 Å². The van der Waals surface area contributed by atoms with Crippen molar-refractivity contribution in [1.29, 1.82) is 0 Å². The zero-order chi connectivity index (χ0) is 18.3. The average Bonchev–Trinajstić information content (AvgIpc) is 3.17. The van der Waals surface area contributed by atoms with E-state index < -0.39 is 16.8 Å². The Balaban J connectivity index is 1.63. The van der Waals surface area contributed by atoms with Gasteiger partial charge < -0.3 is 9.94 Å². The number of esters is 1. The Hall–Kier alpha value is -2.03. The third-order valence-electron chi connectivity index (χ3n) is 4.31. The Morgan fingerprint density at radius 1 is 1.31 bits per heavy atom. The molecule has 1 aliphatic rings. The molecule has 8 heteroatoms. The topological polar surface area (TPSA) is 65.5 Å². The van der Waals surface area contributed by atoms with Crippen molar-refractivity contribution < 1.29 is 9.53 Å². The van der Waals surface area contributed by atoms with Crippen LogP contribution in [0.15, 0.2) is 48.5 Å². The van der Waals surface area contributed by atoms with E-state index in [2.05, 4.69) is 4.98 Å². The lowest BCUT2D eigenvalue weighted by Crippen LogP contribution is -2.50. The van der Waals surface area contributed by atoms with Crippen LogP contribution in [0, 0.1) is 5.21 Å². The Morgan fingerprint density at radius 2 is 2.04 bits per heavy atom. The van der Waals surface area contributed by atoms with Crippen LogP contribution in [0.25, 0.3) is 10.2 Å². The number of aromatic nitrogens is 1. The molecule has 1 saturated heterocycles. The summed E-state index contributed by atoms with van der Waals surface area (Å²) >= 11 is 7.19. The summed E-state index contributed by atoms with van der Waals surface area (Å²) in [7, 11) is 1.83. The second-order valence-electron chi connectivity index (χ2n) is 6.31. The molecule has 1 aliphatic heterocycles. The van der Waals surface area contributed by atoms with Gasteiger partial charge in [-0.15, -0.1) is 0 Å². The number of benzene rings is 2. The van der Waals surface area contributed by atoms with Gasteiger partial charge in [-0.2, -0.15) is 4.98 Å². The van der Waals surface area contributed by atoms with Gasteiger partial charge in [-0.25, -0.2) is 9.69 Å². The Kier molecular flexibility index (Phi) is 4.42. The van der Waals surface area contributed by atoms with Gasteiger partial charge in [0.05, 0.1) is 22.3 Å². The van der Waals surface area contributed by atoms with Crippen molar-refractivity contribution in [2.75, 3.05) is 20.3 Å². The van der Waals surface area contributed by atoms with Crippen molar-refractivity contribution >= 4 is 44.3 Å². The molecular weight excluding hydrogens is 374 g/mol. The third kappa shape index (κ3) is 3.08. The molecule has 2 atom stereocenters. The van der Waals surface area contributed by atoms with Crippen LogP contribution in [-0.4, -0.2) is 42.3 Å². The first-order chi connectivity index (χ1) is 12.5. The highest BCUT2D eigenvalue weighted by molar-refractivity contribution is 7.22. The summed E-state index contributed by atoms with van der Waals surface area (Å²) in [5, 5.41) is 14.5. The van der Waals surface area contributed by atoms with E-state index in [1.807, 2.05) is 36.2 Å². The maximum Gasteiger partial charge on any atom is 0.342 e. The van der Waals surface area contributed by atoms with Crippen LogP contribution in [0.5, 0.6) is 0 Å². The van der Waals surface area contributed by atoms with Gasteiger partial charge in [0.25, 0.3) is 11.4 Å². The second-order valence-corrected chi connectivity index (χ2v) is 7.75. The number of hydrogen-bond donors (Lipinski definition) is 0. The molecule has 0 aliphatic carbocycles. The van der Waals surface area contributed by atoms with Gasteiger partial charge >= 0.3 is 5.97 Å². The second kappa shape index (κ2) is 6.61. The van der Waals surface area contributed by atoms with Gasteiger partial charge in [-0.1, -0.05) is 35.1 Å². The van der Waals surface area contributed by atoms with E-state index in [0.717, 1.165) is 10.2 Å². The number of rotatable bonds is 3. The highest BCUT2D eigenvalue weighted by Crippen LogP contribution is 2.37. The van der Waals surface area contributed by atoms with Gasteiger partial charge in [0, 0.05) is 5.02 Å². The number of para-hydroxylation sites is 1. The van der Waals surface area contributed by atoms with Crippen LogP contribution < -0.4 is 4.65 Å². The van der Waals surface area contributed by atoms with Crippen LogP contribution in [0.3, 0.4) is 0 Å². The molecule has 0 spiro atoms. The van der Waals surface area contributed by atoms with Gasteiger partial charge in [0.1, 0.15) is 6.67 Å². The summed E-state index contributed by atoms with van der Waals surface area (Å²) in [6, 6.07) is 14.0. The van der Waals surface area contributed by atoms with Crippen LogP contribution in [0.2, 0.25) is 5.02 Å². The quantitative estimate of drug-likeness (QED) is 0.387. The van der Waals surface area contributed by atoms with Crippen molar-refractivity contribution in [3.63, 3.8) is 0 Å². The summed E-state index contributed by atoms with van der Waals surface area (Å²) < 4.78 is 5.72. The number of quaternary nitrogens is 1. The number of carbonyl (C=O) groups excluding carboxylic acids is 1. The first-order valence-corrected chi connectivity index (χ1v) is 9.25. The molecule has 0 N–H and O–H groups in total. The molecule has 2 aromatic carbocycles. The number of carbonyl (C=O) groups is 1.